The van der Waals surface area contributed by atoms with E-state index in [1.54, 1.807) is 12.2 Å². The Kier molecular flexibility index (Phi) is 27.6. The summed E-state index contributed by atoms with van der Waals surface area (Å²) in [4.78, 5) is 26.3. The van der Waals surface area contributed by atoms with Crippen LogP contribution in [0.3, 0.4) is 0 Å². The first-order chi connectivity index (χ1) is 34.1. The van der Waals surface area contributed by atoms with Gasteiger partial charge in [-0.25, -0.2) is 9.59 Å². The van der Waals surface area contributed by atoms with Crippen LogP contribution in [0.2, 0.25) is 12.1 Å². The summed E-state index contributed by atoms with van der Waals surface area (Å²) in [6.45, 7) is 25.0. The molecular formula is C50H80N2O16Si2. The zero-order valence-electron chi connectivity index (χ0n) is 42.4. The molecule has 0 aromatic heterocycles. The molecule has 2 aliphatic rings. The smallest absolute Gasteiger partial charge is 0.491 e. The molecule has 2 aromatic carbocycles. The first kappa shape index (κ1) is 58.7. The molecule has 2 fully saturated rings. The van der Waals surface area contributed by atoms with Gasteiger partial charge in [0, 0.05) is 77.7 Å². The van der Waals surface area contributed by atoms with Gasteiger partial charge in [-0.15, -0.1) is 13.2 Å². The SMILES string of the molecule is C=CCOCC(COc1ccc(-c2ccc(OCC3CO3)c(CC(COCC=C)OC(=O)NCCC[Si](OCC)(OCC)OCC)c2)cc1CC1CO1)OC(=O)NCCC[Si](OCC)(OCC)OCC. The summed E-state index contributed by atoms with van der Waals surface area (Å²) < 4.78 is 82.8. The Bertz CT molecular complexity index is 1800. The standard InChI is InChI=1S/C50H80N2O16Si2/c1-9-25-55-33-44(67-49(53)51-23-17-27-69(61-11-3,62-12-4)63-13-5)32-42-30-40(20-22-48(42)59-37-45-36-58-45)39-19-21-47(41(29-39)31-43-35-57-43)60-38-46(34-56-26-10-2)68-50(54)52-24-18-28-70(64-14-6,65-15-7)66-16-8/h9-10,19-22,29-30,43-46H,1-2,11-18,23-28,31-38H2,3-8H3,(H,51,53)(H,52,54). The summed E-state index contributed by atoms with van der Waals surface area (Å²) in [5.41, 5.74) is 3.59. The van der Waals surface area contributed by atoms with Crippen LogP contribution >= 0.6 is 0 Å². The highest BCUT2D eigenvalue weighted by Crippen LogP contribution is 2.34. The average Bonchev–Trinajstić information content (AvgIpc) is 4.29. The lowest BCUT2D eigenvalue weighted by molar-refractivity contribution is 0.00525. The van der Waals surface area contributed by atoms with Crippen LogP contribution in [0.5, 0.6) is 11.5 Å². The zero-order chi connectivity index (χ0) is 50.5. The maximum Gasteiger partial charge on any atom is 0.500 e. The van der Waals surface area contributed by atoms with Crippen LogP contribution in [0.4, 0.5) is 9.59 Å². The van der Waals surface area contributed by atoms with Crippen molar-refractivity contribution in [1.29, 1.82) is 0 Å². The second-order valence-corrected chi connectivity index (χ2v) is 21.8. The molecular weight excluding hydrogens is 941 g/mol. The highest BCUT2D eigenvalue weighted by atomic mass is 28.4. The van der Waals surface area contributed by atoms with Gasteiger partial charge in [0.1, 0.15) is 36.9 Å². The molecule has 0 aliphatic carbocycles. The van der Waals surface area contributed by atoms with Gasteiger partial charge in [0.2, 0.25) is 0 Å². The lowest BCUT2D eigenvalue weighted by atomic mass is 9.96. The maximum atomic E-state index is 13.3. The second-order valence-electron chi connectivity index (χ2n) is 16.3. The number of benzene rings is 2. The summed E-state index contributed by atoms with van der Waals surface area (Å²) in [5, 5.41) is 5.72. The third-order valence-electron chi connectivity index (χ3n) is 10.7. The molecule has 2 saturated heterocycles. The van der Waals surface area contributed by atoms with Crippen LogP contribution in [0.1, 0.15) is 65.5 Å². The summed E-state index contributed by atoms with van der Waals surface area (Å²) in [6.07, 6.45) is 2.91. The molecule has 0 saturated carbocycles. The van der Waals surface area contributed by atoms with Gasteiger partial charge in [-0.05, 0) is 101 Å². The van der Waals surface area contributed by atoms with E-state index < -0.39 is 42.0 Å². The fourth-order valence-electron chi connectivity index (χ4n) is 7.52. The second kappa shape index (κ2) is 32.9. The molecule has 2 heterocycles. The molecule has 2 aliphatic heterocycles. The minimum Gasteiger partial charge on any atom is -0.491 e. The van der Waals surface area contributed by atoms with Gasteiger partial charge in [-0.2, -0.15) is 0 Å². The number of carbonyl (C=O) groups is 2. The Morgan fingerprint density at radius 3 is 1.53 bits per heavy atom. The third kappa shape index (κ3) is 21.8. The molecule has 0 radical (unpaired) electrons. The first-order valence-electron chi connectivity index (χ1n) is 24.9. The molecule has 4 rings (SSSR count). The zero-order valence-corrected chi connectivity index (χ0v) is 44.4. The van der Waals surface area contributed by atoms with Crippen molar-refractivity contribution in [2.24, 2.45) is 0 Å². The topological polar surface area (TPSA) is 194 Å². The quantitative estimate of drug-likeness (QED) is 0.0288. The minimum atomic E-state index is -2.86. The van der Waals surface area contributed by atoms with Crippen molar-refractivity contribution in [3.63, 3.8) is 0 Å². The molecule has 2 aromatic rings. The van der Waals surface area contributed by atoms with Crippen LogP contribution in [0, 0.1) is 0 Å². The highest BCUT2D eigenvalue weighted by Gasteiger charge is 2.41. The number of rotatable bonds is 41. The Morgan fingerprint density at radius 1 is 0.629 bits per heavy atom. The normalized spacial score (nSPS) is 16.2. The fraction of sp³-hybridized carbons (Fsp3) is 0.640. The number of epoxide rings is 2. The van der Waals surface area contributed by atoms with Crippen LogP contribution in [0.15, 0.2) is 61.7 Å². The average molecular weight is 1020 g/mol. The van der Waals surface area contributed by atoms with Gasteiger partial charge >= 0.3 is 29.8 Å². The molecule has 70 heavy (non-hydrogen) atoms. The van der Waals surface area contributed by atoms with Gasteiger partial charge in [0.15, 0.2) is 6.10 Å². The van der Waals surface area contributed by atoms with Crippen molar-refractivity contribution >= 4 is 29.8 Å². The minimum absolute atomic E-state index is 0.0314. The maximum absolute atomic E-state index is 13.3. The molecule has 20 heteroatoms. The molecule has 2 N–H and O–H groups in total. The van der Waals surface area contributed by atoms with Crippen molar-refractivity contribution in [2.75, 3.05) is 106 Å². The number of hydrogen-bond acceptors (Lipinski definition) is 16. The molecule has 2 amide bonds. The van der Waals surface area contributed by atoms with E-state index in [-0.39, 0.29) is 45.2 Å². The summed E-state index contributed by atoms with van der Waals surface area (Å²) in [5.74, 6) is 1.28. The molecule has 4 atom stereocenters. The number of nitrogens with one attached hydrogen (secondary N) is 2. The fourth-order valence-corrected chi connectivity index (χ4v) is 12.7. The summed E-state index contributed by atoms with van der Waals surface area (Å²) in [7, 11) is -5.71. The first-order valence-corrected chi connectivity index (χ1v) is 28.8. The molecule has 18 nitrogen and oxygen atoms in total. The van der Waals surface area contributed by atoms with Crippen molar-refractivity contribution in [3.05, 3.63) is 72.8 Å². The monoisotopic (exact) mass is 1020 g/mol. The van der Waals surface area contributed by atoms with E-state index in [4.69, 9.17) is 64.5 Å². The highest BCUT2D eigenvalue weighted by molar-refractivity contribution is 6.61. The van der Waals surface area contributed by atoms with Crippen LogP contribution < -0.4 is 20.1 Å². The molecule has 0 spiro atoms. The van der Waals surface area contributed by atoms with Gasteiger partial charge in [-0.1, -0.05) is 24.3 Å². The van der Waals surface area contributed by atoms with Crippen LogP contribution in [-0.4, -0.2) is 160 Å². The van der Waals surface area contributed by atoms with Crippen molar-refractivity contribution in [3.8, 4) is 22.6 Å². The van der Waals surface area contributed by atoms with Crippen LogP contribution in [-0.2, 0) is 67.8 Å². The lowest BCUT2D eigenvalue weighted by Gasteiger charge is -2.28. The number of amides is 2. The predicted octanol–water partition coefficient (Wildman–Crippen LogP) is 7.47. The summed E-state index contributed by atoms with van der Waals surface area (Å²) >= 11 is 0. The van der Waals surface area contributed by atoms with Crippen LogP contribution in [0.25, 0.3) is 11.1 Å². The van der Waals surface area contributed by atoms with Gasteiger partial charge < -0.3 is 75.1 Å². The van der Waals surface area contributed by atoms with Gasteiger partial charge in [-0.3, -0.25) is 0 Å². The van der Waals surface area contributed by atoms with E-state index in [2.05, 4.69) is 29.9 Å². The Hall–Kier alpha value is -3.91. The molecule has 4 unspecified atom stereocenters. The van der Waals surface area contributed by atoms with Crippen molar-refractivity contribution in [2.45, 2.75) is 104 Å². The number of alkyl carbamates (subject to hydrolysis) is 2. The van der Waals surface area contributed by atoms with E-state index in [1.807, 2.05) is 71.9 Å². The Balaban J connectivity index is 1.47. The van der Waals surface area contributed by atoms with Gasteiger partial charge in [0.25, 0.3) is 0 Å². The summed E-state index contributed by atoms with van der Waals surface area (Å²) in [6, 6.07) is 13.1. The predicted molar refractivity (Wildman–Crippen MR) is 268 cm³/mol. The lowest BCUT2D eigenvalue weighted by Crippen LogP contribution is -2.46. The van der Waals surface area contributed by atoms with Gasteiger partial charge in [0.05, 0.1) is 45.7 Å². The van der Waals surface area contributed by atoms with E-state index in [9.17, 15) is 9.59 Å². The Morgan fingerprint density at radius 2 is 1.07 bits per heavy atom. The Labute approximate surface area is 417 Å². The van der Waals surface area contributed by atoms with Crippen molar-refractivity contribution < 1.29 is 74.0 Å². The number of hydrogen-bond donors (Lipinski definition) is 2. The largest absolute Gasteiger partial charge is 0.500 e. The molecule has 394 valence electrons. The molecule has 0 bridgehead atoms. The van der Waals surface area contributed by atoms with Crippen molar-refractivity contribution in [1.82, 2.24) is 10.6 Å². The number of ether oxygens (including phenoxy) is 8. The third-order valence-corrected chi connectivity index (χ3v) is 17.0. The van der Waals surface area contributed by atoms with E-state index in [1.165, 1.54) is 0 Å². The van der Waals surface area contributed by atoms with E-state index in [0.29, 0.717) is 122 Å². The number of carbonyl (C=O) groups excluding carboxylic acids is 2. The van der Waals surface area contributed by atoms with E-state index >= 15 is 0 Å². The van der Waals surface area contributed by atoms with E-state index in [0.717, 1.165) is 22.3 Å².